The fraction of sp³-hybridized carbons (Fsp3) is 0.833. The Morgan fingerprint density at radius 2 is 0.850 bits per heavy atom. The molecule has 0 fully saturated rings. The quantitative estimate of drug-likeness (QED) is 0.179. The van der Waals surface area contributed by atoms with Crippen LogP contribution in [0.15, 0.2) is 0 Å². The lowest BCUT2D eigenvalue weighted by atomic mass is 10.3. The van der Waals surface area contributed by atoms with Crippen molar-refractivity contribution in [2.45, 2.75) is 92.4 Å². The number of rotatable bonds is 23. The van der Waals surface area contributed by atoms with Crippen LogP contribution >= 0.6 is 0 Å². The number of nitrogens with two attached hydrogens (primary N) is 2. The molecule has 4 N–H and O–H groups in total. The van der Waals surface area contributed by atoms with Crippen LogP contribution in [0.2, 0.25) is 12.1 Å². The van der Waals surface area contributed by atoms with E-state index in [1.165, 1.54) is 0 Å². The Bertz CT molecular complexity index is 869. The SMILES string of the molecule is CCO[Si](CCCn1nc(CCc2nc(N)n(CCC[Si](OCC)(OCC)OCC)n2)nc1N)(OCC)OCC. The molecule has 0 saturated heterocycles. The van der Waals surface area contributed by atoms with Crippen molar-refractivity contribution in [2.75, 3.05) is 51.1 Å². The van der Waals surface area contributed by atoms with Crippen LogP contribution in [-0.4, -0.2) is 86.8 Å². The van der Waals surface area contributed by atoms with E-state index < -0.39 is 17.6 Å². The zero-order valence-electron chi connectivity index (χ0n) is 25.2. The van der Waals surface area contributed by atoms with E-state index >= 15 is 0 Å². The normalized spacial score (nSPS) is 12.4. The van der Waals surface area contributed by atoms with E-state index in [9.17, 15) is 0 Å². The topological polar surface area (TPSA) is 169 Å². The molecule has 0 spiro atoms. The van der Waals surface area contributed by atoms with Gasteiger partial charge >= 0.3 is 17.6 Å². The molecule has 14 nitrogen and oxygen atoms in total. The summed E-state index contributed by atoms with van der Waals surface area (Å²) < 4.78 is 39.0. The maximum atomic E-state index is 6.14. The van der Waals surface area contributed by atoms with Crippen molar-refractivity contribution >= 4 is 29.5 Å². The lowest BCUT2D eigenvalue weighted by Crippen LogP contribution is -2.46. The lowest BCUT2D eigenvalue weighted by Gasteiger charge is -2.28. The molecule has 40 heavy (non-hydrogen) atoms. The first-order chi connectivity index (χ1) is 19.3. The third-order valence-electron chi connectivity index (χ3n) is 5.95. The maximum Gasteiger partial charge on any atom is 0.500 e. The van der Waals surface area contributed by atoms with Gasteiger partial charge in [0.05, 0.1) is 0 Å². The number of nitrogens with zero attached hydrogens (tertiary/aromatic N) is 6. The maximum absolute atomic E-state index is 6.14. The lowest BCUT2D eigenvalue weighted by molar-refractivity contribution is 0.0696. The van der Waals surface area contributed by atoms with Crippen LogP contribution in [0.5, 0.6) is 0 Å². The van der Waals surface area contributed by atoms with E-state index in [2.05, 4.69) is 20.2 Å². The second kappa shape index (κ2) is 17.8. The molecule has 0 radical (unpaired) electrons. The van der Waals surface area contributed by atoms with Crippen LogP contribution in [0.1, 0.15) is 66.0 Å². The summed E-state index contributed by atoms with van der Waals surface area (Å²) in [4.78, 5) is 8.85. The first-order valence-electron chi connectivity index (χ1n) is 14.5. The molecule has 0 bridgehead atoms. The molecule has 0 aliphatic carbocycles. The average Bonchev–Trinajstić information content (AvgIpc) is 3.44. The number of aryl methyl sites for hydroxylation is 4. The van der Waals surface area contributed by atoms with Crippen LogP contribution in [0.3, 0.4) is 0 Å². The summed E-state index contributed by atoms with van der Waals surface area (Å²) in [5.41, 5.74) is 12.3. The van der Waals surface area contributed by atoms with Gasteiger partial charge in [0.25, 0.3) is 0 Å². The summed E-state index contributed by atoms with van der Waals surface area (Å²) in [6.07, 6.45) is 2.60. The van der Waals surface area contributed by atoms with Crippen molar-refractivity contribution in [3.8, 4) is 0 Å². The van der Waals surface area contributed by atoms with Crippen molar-refractivity contribution in [1.82, 2.24) is 29.5 Å². The molecule has 2 aromatic heterocycles. The Hall–Kier alpha value is -1.93. The molecule has 0 saturated carbocycles. The van der Waals surface area contributed by atoms with E-state index in [-0.39, 0.29) is 0 Å². The molecule has 2 rings (SSSR count). The molecular weight excluding hydrogens is 552 g/mol. The standard InChI is InChI=1S/C24H50N8O6Si2/c1-7-33-39(34-8-2,35-9-3)19-13-17-31-23(25)27-21(29-31)15-16-22-28-24(26)32(30-22)18-14-20-40(36-10-4,37-11-5)38-12-6/h7-20H2,1-6H3,(H2,25,27,29)(H2,26,28,30). The number of nitrogen functional groups attached to an aromatic ring is 2. The molecule has 0 unspecified atom stereocenters. The smallest absolute Gasteiger partial charge is 0.374 e. The van der Waals surface area contributed by atoms with Crippen LogP contribution in [0.4, 0.5) is 11.9 Å². The fourth-order valence-electron chi connectivity index (χ4n) is 4.46. The zero-order chi connectivity index (χ0) is 29.4. The largest absolute Gasteiger partial charge is 0.500 e. The van der Waals surface area contributed by atoms with E-state index in [0.717, 1.165) is 12.8 Å². The van der Waals surface area contributed by atoms with Crippen LogP contribution in [-0.2, 0) is 52.5 Å². The van der Waals surface area contributed by atoms with Gasteiger partial charge in [-0.1, -0.05) is 0 Å². The predicted octanol–water partition coefficient (Wildman–Crippen LogP) is 2.70. The molecule has 0 aliphatic rings. The van der Waals surface area contributed by atoms with Gasteiger partial charge < -0.3 is 38.0 Å². The summed E-state index contributed by atoms with van der Waals surface area (Å²) in [5, 5.41) is 9.17. The van der Waals surface area contributed by atoms with Gasteiger partial charge in [-0.15, -0.1) is 0 Å². The number of aromatic nitrogens is 6. The van der Waals surface area contributed by atoms with Crippen LogP contribution in [0.25, 0.3) is 0 Å². The highest BCUT2D eigenvalue weighted by Gasteiger charge is 2.40. The van der Waals surface area contributed by atoms with Gasteiger partial charge in [0.15, 0.2) is 11.6 Å². The predicted molar refractivity (Wildman–Crippen MR) is 156 cm³/mol. The highest BCUT2D eigenvalue weighted by Crippen LogP contribution is 2.20. The van der Waals surface area contributed by atoms with Gasteiger partial charge in [-0.3, -0.25) is 0 Å². The van der Waals surface area contributed by atoms with Gasteiger partial charge in [-0.05, 0) is 54.4 Å². The molecule has 0 aromatic carbocycles. The highest BCUT2D eigenvalue weighted by molar-refractivity contribution is 6.61. The zero-order valence-corrected chi connectivity index (χ0v) is 27.2. The Balaban J connectivity index is 1.91. The summed E-state index contributed by atoms with van der Waals surface area (Å²) in [5.74, 6) is 2.01. The molecule has 0 aliphatic heterocycles. The van der Waals surface area contributed by atoms with Crippen LogP contribution in [0, 0.1) is 0 Å². The Labute approximate surface area is 240 Å². The summed E-state index contributed by atoms with van der Waals surface area (Å²) in [6.45, 7) is 16.2. The number of anilines is 2. The third kappa shape index (κ3) is 10.5. The summed E-state index contributed by atoms with van der Waals surface area (Å²) >= 11 is 0. The van der Waals surface area contributed by atoms with Crippen molar-refractivity contribution in [1.29, 1.82) is 0 Å². The minimum Gasteiger partial charge on any atom is -0.374 e. The molecule has 0 atom stereocenters. The summed E-state index contributed by atoms with van der Waals surface area (Å²) in [6, 6.07) is 1.36. The molecule has 230 valence electrons. The first kappa shape index (κ1) is 34.3. The van der Waals surface area contributed by atoms with Gasteiger partial charge in [-0.25, -0.2) is 9.36 Å². The summed E-state index contributed by atoms with van der Waals surface area (Å²) in [7, 11) is -5.42. The molecule has 0 amide bonds. The van der Waals surface area contributed by atoms with Gasteiger partial charge in [0, 0.05) is 77.7 Å². The minimum atomic E-state index is -2.71. The molecule has 16 heteroatoms. The number of hydrogen-bond donors (Lipinski definition) is 2. The minimum absolute atomic E-state index is 0.370. The highest BCUT2D eigenvalue weighted by atomic mass is 28.4. The molecular formula is C24H50N8O6Si2. The van der Waals surface area contributed by atoms with E-state index in [0.29, 0.717) is 101 Å². The average molecular weight is 603 g/mol. The second-order valence-electron chi connectivity index (χ2n) is 8.89. The van der Waals surface area contributed by atoms with Crippen LogP contribution < -0.4 is 11.5 Å². The van der Waals surface area contributed by atoms with Crippen molar-refractivity contribution in [2.24, 2.45) is 0 Å². The molecule has 2 heterocycles. The Morgan fingerprint density at radius 1 is 0.550 bits per heavy atom. The fourth-order valence-corrected chi connectivity index (χ4v) is 9.65. The Kier molecular flexibility index (Phi) is 15.2. The Morgan fingerprint density at radius 3 is 1.12 bits per heavy atom. The van der Waals surface area contributed by atoms with E-state index in [1.807, 2.05) is 41.5 Å². The third-order valence-corrected chi connectivity index (χ3v) is 12.3. The number of hydrogen-bond acceptors (Lipinski definition) is 12. The van der Waals surface area contributed by atoms with E-state index in [4.69, 9.17) is 38.0 Å². The van der Waals surface area contributed by atoms with Gasteiger partial charge in [0.1, 0.15) is 0 Å². The van der Waals surface area contributed by atoms with Gasteiger partial charge in [-0.2, -0.15) is 20.2 Å². The second-order valence-corrected chi connectivity index (χ2v) is 14.4. The monoisotopic (exact) mass is 602 g/mol. The van der Waals surface area contributed by atoms with E-state index in [1.54, 1.807) is 9.36 Å². The molecule has 2 aromatic rings. The first-order valence-corrected chi connectivity index (χ1v) is 18.4. The van der Waals surface area contributed by atoms with Crippen molar-refractivity contribution < 1.29 is 26.6 Å². The van der Waals surface area contributed by atoms with Crippen molar-refractivity contribution in [3.63, 3.8) is 0 Å². The van der Waals surface area contributed by atoms with Gasteiger partial charge in [0.2, 0.25) is 11.9 Å². The van der Waals surface area contributed by atoms with Crippen molar-refractivity contribution in [3.05, 3.63) is 11.6 Å².